The average Bonchev–Trinajstić information content (AvgIpc) is 2.98. The zero-order valence-corrected chi connectivity index (χ0v) is 11.6. The Morgan fingerprint density at radius 2 is 2.00 bits per heavy atom. The van der Waals surface area contributed by atoms with E-state index in [9.17, 15) is 9.50 Å². The first-order chi connectivity index (χ1) is 11.2. The lowest BCUT2D eigenvalue weighted by Crippen LogP contribution is -1.95. The van der Waals surface area contributed by atoms with Crippen LogP contribution in [0, 0.1) is 5.82 Å². The molecule has 4 aromatic rings. The Labute approximate surface area is 129 Å². The lowest BCUT2D eigenvalue weighted by atomic mass is 10.2. The third-order valence-electron chi connectivity index (χ3n) is 3.22. The molecule has 0 spiro atoms. The molecule has 4 rings (SSSR count). The van der Waals surface area contributed by atoms with Crippen molar-refractivity contribution in [1.29, 1.82) is 0 Å². The number of halogens is 1. The van der Waals surface area contributed by atoms with Crippen molar-refractivity contribution in [2.75, 3.05) is 0 Å². The first-order valence-corrected chi connectivity index (χ1v) is 6.68. The van der Waals surface area contributed by atoms with Crippen molar-refractivity contribution in [2.24, 2.45) is 0 Å². The van der Waals surface area contributed by atoms with Crippen LogP contribution in [0.25, 0.3) is 28.1 Å². The van der Waals surface area contributed by atoms with Crippen LogP contribution >= 0.6 is 0 Å². The summed E-state index contributed by atoms with van der Waals surface area (Å²) in [4.78, 5) is 16.0. The summed E-state index contributed by atoms with van der Waals surface area (Å²) in [6, 6.07) is 4.48. The van der Waals surface area contributed by atoms with Crippen LogP contribution in [0.5, 0.6) is 5.88 Å². The van der Waals surface area contributed by atoms with Crippen LogP contribution in [0.15, 0.2) is 49.2 Å². The molecule has 8 heteroatoms. The molecule has 0 aliphatic rings. The number of aromatic nitrogens is 6. The summed E-state index contributed by atoms with van der Waals surface area (Å²) in [6.07, 6.45) is 7.40. The van der Waals surface area contributed by atoms with Crippen LogP contribution in [-0.2, 0) is 0 Å². The Hall–Kier alpha value is -3.42. The molecule has 0 amide bonds. The second-order valence-electron chi connectivity index (χ2n) is 4.80. The lowest BCUT2D eigenvalue weighted by Gasteiger charge is -1.98. The third kappa shape index (κ3) is 2.46. The fourth-order valence-corrected chi connectivity index (χ4v) is 2.18. The molecule has 0 aromatic carbocycles. The summed E-state index contributed by atoms with van der Waals surface area (Å²) in [7, 11) is 0. The SMILES string of the molecule is Oc1ccnc(-c2cc3cn(-c4cncc(F)c4)nc3cn2)n1. The molecule has 23 heavy (non-hydrogen) atoms. The Balaban J connectivity index is 1.81. The van der Waals surface area contributed by atoms with E-state index in [0.717, 1.165) is 11.6 Å². The maximum atomic E-state index is 13.3. The highest BCUT2D eigenvalue weighted by Gasteiger charge is 2.09. The Morgan fingerprint density at radius 3 is 2.83 bits per heavy atom. The maximum absolute atomic E-state index is 13.3. The first-order valence-electron chi connectivity index (χ1n) is 6.68. The maximum Gasteiger partial charge on any atom is 0.214 e. The summed E-state index contributed by atoms with van der Waals surface area (Å²) in [5.41, 5.74) is 1.65. The van der Waals surface area contributed by atoms with Gasteiger partial charge in [0.15, 0.2) is 5.82 Å². The zero-order chi connectivity index (χ0) is 15.8. The monoisotopic (exact) mass is 308 g/mol. The fraction of sp³-hybridized carbons (Fsp3) is 0. The van der Waals surface area contributed by atoms with Crippen LogP contribution in [0.1, 0.15) is 0 Å². The van der Waals surface area contributed by atoms with Gasteiger partial charge in [-0.25, -0.2) is 14.1 Å². The molecule has 0 fully saturated rings. The number of pyridine rings is 2. The Morgan fingerprint density at radius 1 is 1.09 bits per heavy atom. The number of rotatable bonds is 2. The van der Waals surface area contributed by atoms with Crippen molar-refractivity contribution in [1.82, 2.24) is 29.7 Å². The highest BCUT2D eigenvalue weighted by molar-refractivity contribution is 5.81. The van der Waals surface area contributed by atoms with Gasteiger partial charge in [0.1, 0.15) is 17.0 Å². The van der Waals surface area contributed by atoms with Crippen LogP contribution < -0.4 is 0 Å². The molecule has 112 valence electrons. The first kappa shape index (κ1) is 13.3. The molecule has 1 N–H and O–H groups in total. The van der Waals surface area contributed by atoms with Gasteiger partial charge < -0.3 is 5.11 Å². The van der Waals surface area contributed by atoms with Gasteiger partial charge >= 0.3 is 0 Å². The normalized spacial score (nSPS) is 11.0. The number of hydrogen-bond acceptors (Lipinski definition) is 6. The van der Waals surface area contributed by atoms with Crippen LogP contribution in [0.2, 0.25) is 0 Å². The van der Waals surface area contributed by atoms with Crippen molar-refractivity contribution >= 4 is 10.9 Å². The van der Waals surface area contributed by atoms with Gasteiger partial charge in [0.25, 0.3) is 0 Å². The molecule has 0 aliphatic heterocycles. The van der Waals surface area contributed by atoms with E-state index in [2.05, 4.69) is 25.0 Å². The molecule has 0 bridgehead atoms. The minimum Gasteiger partial charge on any atom is -0.493 e. The van der Waals surface area contributed by atoms with E-state index in [1.165, 1.54) is 29.2 Å². The lowest BCUT2D eigenvalue weighted by molar-refractivity contribution is 0.452. The van der Waals surface area contributed by atoms with Crippen LogP contribution in [0.3, 0.4) is 0 Å². The number of aromatic hydroxyl groups is 1. The standard InChI is InChI=1S/C15H9FN6O/c16-10-4-11(6-17-5-10)22-8-9-3-12(19-7-13(9)21-22)15-18-2-1-14(23)20-15/h1-8H,(H,18,20,23). The van der Waals surface area contributed by atoms with Crippen molar-refractivity contribution in [2.45, 2.75) is 0 Å². The molecule has 0 atom stereocenters. The Bertz CT molecular complexity index is 972. The molecule has 7 nitrogen and oxygen atoms in total. The summed E-state index contributed by atoms with van der Waals surface area (Å²) >= 11 is 0. The molecule has 0 saturated heterocycles. The summed E-state index contributed by atoms with van der Waals surface area (Å²) in [5, 5.41) is 14.5. The van der Waals surface area contributed by atoms with E-state index in [-0.39, 0.29) is 5.88 Å². The smallest absolute Gasteiger partial charge is 0.214 e. The van der Waals surface area contributed by atoms with E-state index in [0.29, 0.717) is 22.7 Å². The molecule has 0 radical (unpaired) electrons. The molecular weight excluding hydrogens is 299 g/mol. The second-order valence-corrected chi connectivity index (χ2v) is 4.80. The van der Waals surface area contributed by atoms with Crippen molar-refractivity contribution in [3.63, 3.8) is 0 Å². The highest BCUT2D eigenvalue weighted by Crippen LogP contribution is 2.21. The molecule has 4 heterocycles. The third-order valence-corrected chi connectivity index (χ3v) is 3.22. The van der Waals surface area contributed by atoms with Gasteiger partial charge in [-0.1, -0.05) is 0 Å². The highest BCUT2D eigenvalue weighted by atomic mass is 19.1. The van der Waals surface area contributed by atoms with E-state index in [1.54, 1.807) is 18.5 Å². The van der Waals surface area contributed by atoms with Gasteiger partial charge in [0.2, 0.25) is 5.88 Å². The van der Waals surface area contributed by atoms with E-state index < -0.39 is 5.82 Å². The van der Waals surface area contributed by atoms with Gasteiger partial charge in [-0.2, -0.15) is 10.1 Å². The largest absolute Gasteiger partial charge is 0.493 e. The molecule has 0 aliphatic carbocycles. The predicted octanol–water partition coefficient (Wildman–Crippen LogP) is 2.12. The minimum atomic E-state index is -0.436. The van der Waals surface area contributed by atoms with Crippen LogP contribution in [0.4, 0.5) is 4.39 Å². The zero-order valence-electron chi connectivity index (χ0n) is 11.6. The van der Waals surface area contributed by atoms with Crippen molar-refractivity contribution in [3.8, 4) is 23.1 Å². The van der Waals surface area contributed by atoms with Gasteiger partial charge in [0.05, 0.1) is 24.3 Å². The number of fused-ring (bicyclic) bond motifs is 1. The molecular formula is C15H9FN6O. The summed E-state index contributed by atoms with van der Waals surface area (Å²) < 4.78 is 14.8. The van der Waals surface area contributed by atoms with E-state index >= 15 is 0 Å². The number of hydrogen-bond donors (Lipinski definition) is 1. The van der Waals surface area contributed by atoms with Gasteiger partial charge in [0, 0.05) is 29.9 Å². The number of nitrogens with zero attached hydrogens (tertiary/aromatic N) is 6. The van der Waals surface area contributed by atoms with Crippen molar-refractivity contribution in [3.05, 3.63) is 55.0 Å². The second kappa shape index (κ2) is 5.09. The fourth-order valence-electron chi connectivity index (χ4n) is 2.18. The minimum absolute atomic E-state index is 0.126. The van der Waals surface area contributed by atoms with Crippen molar-refractivity contribution < 1.29 is 9.50 Å². The van der Waals surface area contributed by atoms with E-state index in [1.807, 2.05) is 0 Å². The summed E-state index contributed by atoms with van der Waals surface area (Å²) in [5.74, 6) is -0.250. The van der Waals surface area contributed by atoms with E-state index in [4.69, 9.17) is 0 Å². The Kier molecular flexibility index (Phi) is 2.94. The molecule has 4 aromatic heterocycles. The molecule has 0 unspecified atom stereocenters. The average molecular weight is 308 g/mol. The van der Waals surface area contributed by atoms with Gasteiger partial charge in [-0.15, -0.1) is 0 Å². The summed E-state index contributed by atoms with van der Waals surface area (Å²) in [6.45, 7) is 0. The quantitative estimate of drug-likeness (QED) is 0.610. The topological polar surface area (TPSA) is 89.6 Å². The molecule has 0 saturated carbocycles. The van der Waals surface area contributed by atoms with Gasteiger partial charge in [-0.05, 0) is 6.07 Å². The predicted molar refractivity (Wildman–Crippen MR) is 79.3 cm³/mol. The van der Waals surface area contributed by atoms with Gasteiger partial charge in [-0.3, -0.25) is 9.97 Å². The van der Waals surface area contributed by atoms with Crippen LogP contribution in [-0.4, -0.2) is 34.8 Å².